The molecule has 1 unspecified atom stereocenters. The summed E-state index contributed by atoms with van der Waals surface area (Å²) in [5.74, 6) is -0.416. The lowest BCUT2D eigenvalue weighted by molar-refractivity contribution is -0.147. The summed E-state index contributed by atoms with van der Waals surface area (Å²) in [6.45, 7) is 1.34. The molecule has 0 spiro atoms. The van der Waals surface area contributed by atoms with Crippen LogP contribution in [0, 0.1) is 0 Å². The maximum absolute atomic E-state index is 11.6. The number of carbonyl (C=O) groups excluding carboxylic acids is 1. The lowest BCUT2D eigenvalue weighted by atomic mass is 10.1. The van der Waals surface area contributed by atoms with E-state index in [1.54, 1.807) is 0 Å². The van der Waals surface area contributed by atoms with Crippen LogP contribution in [0.5, 0.6) is 0 Å². The monoisotopic (exact) mass is 450 g/mol. The Labute approximate surface area is 182 Å². The van der Waals surface area contributed by atoms with E-state index in [1.807, 2.05) is 0 Å². The van der Waals surface area contributed by atoms with Gasteiger partial charge in [0.1, 0.15) is 12.7 Å². The molecule has 0 saturated heterocycles. The van der Waals surface area contributed by atoms with Gasteiger partial charge < -0.3 is 19.6 Å². The van der Waals surface area contributed by atoms with Crippen molar-refractivity contribution in [2.24, 2.45) is 0 Å². The lowest BCUT2D eigenvalue weighted by Gasteiger charge is -2.12. The lowest BCUT2D eigenvalue weighted by Crippen LogP contribution is -2.23. The molecule has 30 heavy (non-hydrogen) atoms. The molecule has 0 heterocycles. The van der Waals surface area contributed by atoms with Gasteiger partial charge in [-0.2, -0.15) is 0 Å². The van der Waals surface area contributed by atoms with Crippen LogP contribution in [0.15, 0.2) is 12.2 Å². The first kappa shape index (κ1) is 29.3. The zero-order chi connectivity index (χ0) is 22.5. The van der Waals surface area contributed by atoms with Crippen molar-refractivity contribution in [3.63, 3.8) is 0 Å². The zero-order valence-electron chi connectivity index (χ0n) is 18.7. The van der Waals surface area contributed by atoms with Crippen LogP contribution in [0.3, 0.4) is 0 Å². The summed E-state index contributed by atoms with van der Waals surface area (Å²) in [6.07, 6.45) is 20.5. The Hall–Kier alpha value is -0.720. The number of hydrogen-bond acceptors (Lipinski definition) is 5. The molecule has 0 aromatic rings. The second kappa shape index (κ2) is 20.2. The maximum atomic E-state index is 11.6. The Morgan fingerprint density at radius 2 is 1.33 bits per heavy atom. The number of phosphoric ester groups is 1. The van der Waals surface area contributed by atoms with Crippen LogP contribution in [0.2, 0.25) is 0 Å². The fourth-order valence-corrected chi connectivity index (χ4v) is 3.38. The number of phosphoric acid groups is 1. The molecule has 0 amide bonds. The molecule has 3 N–H and O–H groups in total. The summed E-state index contributed by atoms with van der Waals surface area (Å²) in [7, 11) is -4.62. The number of aliphatic hydroxyl groups is 1. The molecule has 0 fully saturated rings. The minimum Gasteiger partial charge on any atom is -0.463 e. The van der Waals surface area contributed by atoms with Crippen LogP contribution >= 0.6 is 7.82 Å². The molecule has 178 valence electrons. The van der Waals surface area contributed by atoms with Crippen LogP contribution in [0.25, 0.3) is 0 Å². The van der Waals surface area contributed by atoms with E-state index in [-0.39, 0.29) is 13.0 Å². The van der Waals surface area contributed by atoms with Crippen LogP contribution < -0.4 is 0 Å². The van der Waals surface area contributed by atoms with Gasteiger partial charge in [-0.15, -0.1) is 0 Å². The maximum Gasteiger partial charge on any atom is 0.469 e. The molecule has 0 radical (unpaired) electrons. The number of hydrogen-bond donors (Lipinski definition) is 3. The molecule has 7 nitrogen and oxygen atoms in total. The van der Waals surface area contributed by atoms with E-state index < -0.39 is 26.5 Å². The largest absolute Gasteiger partial charge is 0.469 e. The minimum atomic E-state index is -4.62. The normalized spacial score (nSPS) is 13.1. The second-order valence-electron chi connectivity index (χ2n) is 7.81. The molecular formula is C22H43O7P. The summed E-state index contributed by atoms with van der Waals surface area (Å²) in [5.41, 5.74) is 0. The van der Waals surface area contributed by atoms with Gasteiger partial charge in [-0.25, -0.2) is 4.57 Å². The smallest absolute Gasteiger partial charge is 0.463 e. The van der Waals surface area contributed by atoms with Gasteiger partial charge in [-0.1, -0.05) is 76.9 Å². The highest BCUT2D eigenvalue weighted by atomic mass is 31.2. The van der Waals surface area contributed by atoms with Gasteiger partial charge in [0, 0.05) is 6.42 Å². The van der Waals surface area contributed by atoms with Gasteiger partial charge in [-0.3, -0.25) is 9.32 Å². The summed E-state index contributed by atoms with van der Waals surface area (Å²) in [6, 6.07) is 0. The number of ether oxygens (including phenoxy) is 1. The van der Waals surface area contributed by atoms with E-state index in [0.29, 0.717) is 0 Å². The molecule has 0 aliphatic rings. The second-order valence-corrected chi connectivity index (χ2v) is 9.05. The highest BCUT2D eigenvalue weighted by molar-refractivity contribution is 7.46. The third-order valence-electron chi connectivity index (χ3n) is 4.76. The molecule has 0 bridgehead atoms. The molecule has 0 aliphatic carbocycles. The fraction of sp³-hybridized carbons (Fsp3) is 0.864. The number of carbonyl (C=O) groups is 1. The highest BCUT2D eigenvalue weighted by Crippen LogP contribution is 2.35. The average molecular weight is 451 g/mol. The molecule has 0 rings (SSSR count). The van der Waals surface area contributed by atoms with Crippen LogP contribution in [-0.4, -0.2) is 40.2 Å². The Morgan fingerprint density at radius 3 is 1.87 bits per heavy atom. The predicted octanol–water partition coefficient (Wildman–Crippen LogP) is 5.43. The Kier molecular flexibility index (Phi) is 19.7. The summed E-state index contributed by atoms with van der Waals surface area (Å²) >= 11 is 0. The Morgan fingerprint density at radius 1 is 0.833 bits per heavy atom. The van der Waals surface area contributed by atoms with Crippen molar-refractivity contribution in [2.45, 2.75) is 109 Å². The summed E-state index contributed by atoms with van der Waals surface area (Å²) in [4.78, 5) is 28.6. The van der Waals surface area contributed by atoms with Crippen molar-refractivity contribution >= 4 is 13.8 Å². The first-order chi connectivity index (χ1) is 14.3. The number of allylic oxidation sites excluding steroid dienone is 2. The molecule has 0 aromatic carbocycles. The van der Waals surface area contributed by atoms with Crippen molar-refractivity contribution in [3.05, 3.63) is 12.2 Å². The molecular weight excluding hydrogens is 407 g/mol. The quantitative estimate of drug-likeness (QED) is 0.0925. The van der Waals surface area contributed by atoms with E-state index in [9.17, 15) is 14.5 Å². The summed E-state index contributed by atoms with van der Waals surface area (Å²) < 4.78 is 19.5. The number of rotatable bonds is 21. The highest BCUT2D eigenvalue weighted by Gasteiger charge is 2.17. The third-order valence-corrected chi connectivity index (χ3v) is 5.25. The van der Waals surface area contributed by atoms with Gasteiger partial charge in [0.05, 0.1) is 6.61 Å². The average Bonchev–Trinajstić information content (AvgIpc) is 2.69. The molecule has 0 aromatic heterocycles. The van der Waals surface area contributed by atoms with Crippen molar-refractivity contribution in [3.8, 4) is 0 Å². The number of aliphatic hydroxyl groups excluding tert-OH is 1. The third kappa shape index (κ3) is 23.6. The number of esters is 1. The summed E-state index contributed by atoms with van der Waals surface area (Å²) in [5, 5.41) is 9.42. The van der Waals surface area contributed by atoms with E-state index >= 15 is 0 Å². The van der Waals surface area contributed by atoms with Gasteiger partial charge >= 0.3 is 13.8 Å². The van der Waals surface area contributed by atoms with Crippen molar-refractivity contribution in [1.82, 2.24) is 0 Å². The zero-order valence-corrected chi connectivity index (χ0v) is 19.6. The topological polar surface area (TPSA) is 113 Å². The van der Waals surface area contributed by atoms with Crippen molar-refractivity contribution in [2.75, 3.05) is 13.2 Å². The first-order valence-corrected chi connectivity index (χ1v) is 13.1. The predicted molar refractivity (Wildman–Crippen MR) is 119 cm³/mol. The SMILES string of the molecule is CCCCCCCC/C=C\CCCCCCCCC(=O)OCC(O)COP(=O)(O)O. The Bertz CT molecular complexity index is 476. The van der Waals surface area contributed by atoms with E-state index in [4.69, 9.17) is 14.5 Å². The van der Waals surface area contributed by atoms with Crippen LogP contribution in [0.4, 0.5) is 0 Å². The van der Waals surface area contributed by atoms with Crippen LogP contribution in [0.1, 0.15) is 103 Å². The molecule has 0 saturated carbocycles. The first-order valence-electron chi connectivity index (χ1n) is 11.5. The fourth-order valence-electron chi connectivity index (χ4n) is 3.01. The van der Waals surface area contributed by atoms with Crippen LogP contribution in [-0.2, 0) is 18.6 Å². The number of unbranched alkanes of at least 4 members (excludes halogenated alkanes) is 12. The Balaban J connectivity index is 3.36. The van der Waals surface area contributed by atoms with E-state index in [2.05, 4.69) is 23.6 Å². The molecule has 0 aliphatic heterocycles. The minimum absolute atomic E-state index is 0.285. The molecule has 1 atom stereocenters. The van der Waals surface area contributed by atoms with E-state index in [0.717, 1.165) is 25.7 Å². The van der Waals surface area contributed by atoms with Crippen molar-refractivity contribution in [1.29, 1.82) is 0 Å². The van der Waals surface area contributed by atoms with Gasteiger partial charge in [-0.05, 0) is 32.1 Å². The van der Waals surface area contributed by atoms with Gasteiger partial charge in [0.2, 0.25) is 0 Å². The standard InChI is InChI=1S/C22H43O7P/c1-2-3-4-5-6-7-8-9-10-11-12-13-14-15-16-17-18-22(24)28-19-21(23)20-29-30(25,26)27/h9-10,21,23H,2-8,11-20H2,1H3,(H2,25,26,27)/b10-9-. The van der Waals surface area contributed by atoms with Gasteiger partial charge in [0.15, 0.2) is 0 Å². The van der Waals surface area contributed by atoms with Crippen molar-refractivity contribution < 1.29 is 33.5 Å². The van der Waals surface area contributed by atoms with Gasteiger partial charge in [0.25, 0.3) is 0 Å². The molecule has 8 heteroatoms. The van der Waals surface area contributed by atoms with E-state index in [1.165, 1.54) is 64.2 Å².